The first-order chi connectivity index (χ1) is 14.6. The fourth-order valence-electron chi connectivity index (χ4n) is 4.73. The molecule has 1 saturated carbocycles. The second-order valence-corrected chi connectivity index (χ2v) is 8.71. The van der Waals surface area contributed by atoms with E-state index in [9.17, 15) is 4.79 Å². The van der Waals surface area contributed by atoms with E-state index in [2.05, 4.69) is 29.4 Å². The molecule has 0 radical (unpaired) electrons. The van der Waals surface area contributed by atoms with Gasteiger partial charge in [-0.25, -0.2) is 9.97 Å². The summed E-state index contributed by atoms with van der Waals surface area (Å²) in [6, 6.07) is 12.8. The van der Waals surface area contributed by atoms with Crippen LogP contribution in [0.3, 0.4) is 0 Å². The maximum Gasteiger partial charge on any atom is 0.223 e. The van der Waals surface area contributed by atoms with Gasteiger partial charge in [0.2, 0.25) is 5.91 Å². The van der Waals surface area contributed by atoms with Crippen LogP contribution in [0.1, 0.15) is 61.5 Å². The summed E-state index contributed by atoms with van der Waals surface area (Å²) in [5.74, 6) is 2.00. The molecule has 1 N–H and O–H groups in total. The first kappa shape index (κ1) is 20.8. The molecule has 1 aromatic heterocycles. The van der Waals surface area contributed by atoms with Gasteiger partial charge in [-0.05, 0) is 25.5 Å². The zero-order chi connectivity index (χ0) is 20.9. The second kappa shape index (κ2) is 9.56. The summed E-state index contributed by atoms with van der Waals surface area (Å²) in [4.78, 5) is 26.6. The van der Waals surface area contributed by atoms with Gasteiger partial charge in [0.15, 0.2) is 0 Å². The molecular formula is C24H33N5O. The van der Waals surface area contributed by atoms with Crippen LogP contribution in [-0.4, -0.2) is 52.4 Å². The summed E-state index contributed by atoms with van der Waals surface area (Å²) in [5.41, 5.74) is 2.14. The van der Waals surface area contributed by atoms with Crippen molar-refractivity contribution in [3.8, 4) is 0 Å². The van der Waals surface area contributed by atoms with Crippen LogP contribution >= 0.6 is 0 Å². The number of likely N-dealkylation sites (tertiary alicyclic amines) is 1. The number of benzene rings is 1. The highest BCUT2D eigenvalue weighted by molar-refractivity contribution is 5.79. The Morgan fingerprint density at radius 2 is 1.90 bits per heavy atom. The van der Waals surface area contributed by atoms with E-state index in [1.807, 2.05) is 36.2 Å². The third-order valence-electron chi connectivity index (χ3n) is 6.49. The number of nitrogens with one attached hydrogen (secondary N) is 1. The van der Waals surface area contributed by atoms with E-state index in [4.69, 9.17) is 9.97 Å². The summed E-state index contributed by atoms with van der Waals surface area (Å²) in [7, 11) is 4.08. The molecule has 0 spiro atoms. The Kier molecular flexibility index (Phi) is 6.62. The monoisotopic (exact) mass is 407 g/mol. The highest BCUT2D eigenvalue weighted by Crippen LogP contribution is 2.30. The van der Waals surface area contributed by atoms with Crippen LogP contribution in [0.25, 0.3) is 0 Å². The van der Waals surface area contributed by atoms with Crippen LogP contribution < -0.4 is 5.32 Å². The van der Waals surface area contributed by atoms with Gasteiger partial charge < -0.3 is 10.2 Å². The molecule has 6 nitrogen and oxygen atoms in total. The smallest absolute Gasteiger partial charge is 0.223 e. The van der Waals surface area contributed by atoms with Gasteiger partial charge in [0, 0.05) is 44.6 Å². The Labute approximate surface area is 179 Å². The summed E-state index contributed by atoms with van der Waals surface area (Å²) >= 11 is 0. The summed E-state index contributed by atoms with van der Waals surface area (Å²) in [5, 5.41) is 3.18. The van der Waals surface area contributed by atoms with Crippen LogP contribution in [0.4, 0.5) is 5.82 Å². The molecule has 6 heteroatoms. The van der Waals surface area contributed by atoms with Crippen LogP contribution in [0.15, 0.2) is 36.4 Å². The van der Waals surface area contributed by atoms with Crippen molar-refractivity contribution in [1.29, 1.82) is 0 Å². The van der Waals surface area contributed by atoms with Gasteiger partial charge in [0.05, 0.1) is 12.2 Å². The third-order valence-corrected chi connectivity index (χ3v) is 6.49. The van der Waals surface area contributed by atoms with Gasteiger partial charge in [-0.15, -0.1) is 0 Å². The number of aromatic nitrogens is 2. The van der Waals surface area contributed by atoms with Gasteiger partial charge in [0.25, 0.3) is 0 Å². The fourth-order valence-corrected chi connectivity index (χ4v) is 4.73. The maximum absolute atomic E-state index is 12.6. The summed E-state index contributed by atoms with van der Waals surface area (Å²) in [6.45, 7) is 2.13. The van der Waals surface area contributed by atoms with Gasteiger partial charge in [0.1, 0.15) is 11.6 Å². The van der Waals surface area contributed by atoms with Crippen LogP contribution in [0.5, 0.6) is 0 Å². The number of hydrogen-bond donors (Lipinski definition) is 1. The maximum atomic E-state index is 12.6. The van der Waals surface area contributed by atoms with Crippen LogP contribution in [0.2, 0.25) is 0 Å². The van der Waals surface area contributed by atoms with E-state index in [0.717, 1.165) is 23.9 Å². The topological polar surface area (TPSA) is 61.4 Å². The van der Waals surface area contributed by atoms with Crippen molar-refractivity contribution >= 4 is 11.7 Å². The average molecular weight is 408 g/mol. The van der Waals surface area contributed by atoms with E-state index in [1.54, 1.807) is 0 Å². The molecule has 1 aliphatic heterocycles. The lowest BCUT2D eigenvalue weighted by molar-refractivity contribution is -0.128. The van der Waals surface area contributed by atoms with E-state index >= 15 is 0 Å². The number of nitrogens with zero attached hydrogens (tertiary/aromatic N) is 4. The Morgan fingerprint density at radius 3 is 2.63 bits per heavy atom. The molecule has 1 saturated heterocycles. The highest BCUT2D eigenvalue weighted by Gasteiger charge is 2.32. The Hall–Kier alpha value is -2.47. The molecule has 1 aliphatic carbocycles. The van der Waals surface area contributed by atoms with Crippen molar-refractivity contribution in [1.82, 2.24) is 19.8 Å². The lowest BCUT2D eigenvalue weighted by atomic mass is 9.94. The van der Waals surface area contributed by atoms with E-state index in [0.29, 0.717) is 25.6 Å². The minimum Gasteiger partial charge on any atom is -0.373 e. The number of anilines is 1. The van der Waals surface area contributed by atoms with Gasteiger partial charge in [-0.1, -0.05) is 49.6 Å². The fraction of sp³-hybridized carbons (Fsp3) is 0.542. The quantitative estimate of drug-likeness (QED) is 0.756. The Balaban J connectivity index is 1.46. The lowest BCUT2D eigenvalue weighted by Gasteiger charge is -2.30. The largest absolute Gasteiger partial charge is 0.373 e. The van der Waals surface area contributed by atoms with Crippen molar-refractivity contribution in [3.63, 3.8) is 0 Å². The number of hydrogen-bond acceptors (Lipinski definition) is 5. The lowest BCUT2D eigenvalue weighted by Crippen LogP contribution is -2.33. The van der Waals surface area contributed by atoms with Crippen LogP contribution in [0, 0.1) is 0 Å². The molecular weight excluding hydrogens is 374 g/mol. The molecule has 30 heavy (non-hydrogen) atoms. The highest BCUT2D eigenvalue weighted by atomic mass is 16.2. The number of amides is 1. The molecule has 1 atom stereocenters. The van der Waals surface area contributed by atoms with Crippen molar-refractivity contribution in [2.75, 3.05) is 26.0 Å². The van der Waals surface area contributed by atoms with E-state index in [-0.39, 0.29) is 11.8 Å². The predicted molar refractivity (Wildman–Crippen MR) is 119 cm³/mol. The molecule has 1 amide bonds. The zero-order valence-electron chi connectivity index (χ0n) is 18.2. The van der Waals surface area contributed by atoms with Gasteiger partial charge >= 0.3 is 0 Å². The molecule has 2 fully saturated rings. The Morgan fingerprint density at radius 1 is 1.13 bits per heavy atom. The van der Waals surface area contributed by atoms with Crippen molar-refractivity contribution in [2.45, 2.75) is 63.6 Å². The zero-order valence-corrected chi connectivity index (χ0v) is 18.2. The molecule has 0 bridgehead atoms. The molecule has 1 unspecified atom stereocenters. The van der Waals surface area contributed by atoms with E-state index in [1.165, 1.54) is 37.7 Å². The van der Waals surface area contributed by atoms with Crippen molar-refractivity contribution in [2.24, 2.45) is 0 Å². The molecule has 160 valence electrons. The molecule has 4 rings (SSSR count). The summed E-state index contributed by atoms with van der Waals surface area (Å²) in [6.07, 6.45) is 7.04. The molecule has 1 aromatic carbocycles. The Bertz CT molecular complexity index is 850. The van der Waals surface area contributed by atoms with E-state index < -0.39 is 0 Å². The minimum absolute atomic E-state index is 0.120. The van der Waals surface area contributed by atoms with Crippen molar-refractivity contribution < 1.29 is 4.79 Å². The molecule has 2 aliphatic rings. The number of carbonyl (C=O) groups is 1. The standard InChI is InChI=1S/C24H33N5O/c1-25-22-14-21(26-23(27-22)17-28(2)20-11-7-4-8-12-20)19-13-24(30)29(16-19)15-18-9-5-3-6-10-18/h3,5-6,9-10,14,19-20H,4,7-8,11-13,15-17H2,1-2H3,(H,25,26,27). The van der Waals surface area contributed by atoms with Crippen LogP contribution in [-0.2, 0) is 17.9 Å². The van der Waals surface area contributed by atoms with Gasteiger partial charge in [-0.2, -0.15) is 0 Å². The first-order valence-corrected chi connectivity index (χ1v) is 11.2. The number of carbonyl (C=O) groups excluding carboxylic acids is 1. The normalized spacial score (nSPS) is 20.2. The third kappa shape index (κ3) is 4.98. The second-order valence-electron chi connectivity index (χ2n) is 8.71. The molecule has 2 heterocycles. The average Bonchev–Trinajstić information content (AvgIpc) is 3.15. The number of rotatable bonds is 7. The SMILES string of the molecule is CNc1cc(C2CC(=O)N(Cc3ccccc3)C2)nc(CN(C)C2CCCCC2)n1. The van der Waals surface area contributed by atoms with Gasteiger partial charge in [-0.3, -0.25) is 9.69 Å². The summed E-state index contributed by atoms with van der Waals surface area (Å²) < 4.78 is 0. The molecule has 2 aromatic rings. The predicted octanol–water partition coefficient (Wildman–Crippen LogP) is 3.80. The first-order valence-electron chi connectivity index (χ1n) is 11.2. The van der Waals surface area contributed by atoms with Crippen molar-refractivity contribution in [3.05, 3.63) is 53.5 Å². The minimum atomic E-state index is 0.120.